The highest BCUT2D eigenvalue weighted by Gasteiger charge is 2.42. The molecule has 0 spiro atoms. The Morgan fingerprint density at radius 3 is 2.46 bits per heavy atom. The number of ether oxygens (including phenoxy) is 1. The zero-order valence-corrected chi connectivity index (χ0v) is 13.7. The van der Waals surface area contributed by atoms with Crippen molar-refractivity contribution in [2.45, 2.75) is 13.3 Å². The van der Waals surface area contributed by atoms with E-state index in [1.54, 1.807) is 4.90 Å². The van der Waals surface area contributed by atoms with Gasteiger partial charge in [0.25, 0.3) is 5.69 Å². The number of nitro groups is 1. The third-order valence-corrected chi connectivity index (χ3v) is 4.80. The maximum absolute atomic E-state index is 13.8. The first-order valence-corrected chi connectivity index (χ1v) is 7.98. The summed E-state index contributed by atoms with van der Waals surface area (Å²) in [5.74, 6) is -0.0199. The van der Waals surface area contributed by atoms with Gasteiger partial charge in [0.1, 0.15) is 5.69 Å². The smallest absolute Gasteiger partial charge is 0.295 e. The zero-order chi connectivity index (χ0) is 17.4. The summed E-state index contributed by atoms with van der Waals surface area (Å²) in [7, 11) is 1.32. The lowest BCUT2D eigenvalue weighted by molar-refractivity contribution is -0.384. The van der Waals surface area contributed by atoms with Gasteiger partial charge in [-0.05, 0) is 12.3 Å². The summed E-state index contributed by atoms with van der Waals surface area (Å²) in [5, 5.41) is 11.2. The Morgan fingerprint density at radius 2 is 1.96 bits per heavy atom. The fraction of sp³-hybridized carbons (Fsp3) is 0.562. The van der Waals surface area contributed by atoms with Crippen LogP contribution in [0.3, 0.4) is 0 Å². The van der Waals surface area contributed by atoms with Gasteiger partial charge in [0.15, 0.2) is 11.6 Å². The number of nitrogens with zero attached hydrogens (tertiary/aromatic N) is 3. The Morgan fingerprint density at radius 1 is 1.33 bits per heavy atom. The van der Waals surface area contributed by atoms with Crippen molar-refractivity contribution < 1.29 is 18.8 Å². The summed E-state index contributed by atoms with van der Waals surface area (Å²) in [5.41, 5.74) is 0.0361. The molecule has 8 heteroatoms. The van der Waals surface area contributed by atoms with E-state index in [1.807, 2.05) is 4.90 Å². The first-order chi connectivity index (χ1) is 11.4. The second-order valence-electron chi connectivity index (χ2n) is 6.36. The van der Waals surface area contributed by atoms with Crippen LogP contribution < -0.4 is 9.64 Å². The van der Waals surface area contributed by atoms with E-state index in [0.717, 1.165) is 12.5 Å². The molecule has 2 atom stereocenters. The molecule has 2 aliphatic rings. The molecule has 0 aromatic heterocycles. The average molecular weight is 337 g/mol. The Kier molecular flexibility index (Phi) is 4.29. The van der Waals surface area contributed by atoms with Crippen molar-refractivity contribution in [3.8, 4) is 5.75 Å². The number of piperazine rings is 1. The molecule has 1 amide bonds. The van der Waals surface area contributed by atoms with Crippen molar-refractivity contribution in [3.63, 3.8) is 0 Å². The second-order valence-corrected chi connectivity index (χ2v) is 6.36. The number of halogens is 1. The van der Waals surface area contributed by atoms with Crippen LogP contribution >= 0.6 is 0 Å². The molecule has 0 unspecified atom stereocenters. The number of amides is 1. The molecule has 1 aromatic rings. The second kappa shape index (κ2) is 6.26. The lowest BCUT2D eigenvalue weighted by Crippen LogP contribution is -2.49. The summed E-state index contributed by atoms with van der Waals surface area (Å²) in [6.45, 7) is 4.04. The number of hydrogen-bond acceptors (Lipinski definition) is 5. The van der Waals surface area contributed by atoms with Crippen molar-refractivity contribution in [2.75, 3.05) is 38.2 Å². The van der Waals surface area contributed by atoms with Gasteiger partial charge in [0, 0.05) is 38.2 Å². The third kappa shape index (κ3) is 3.00. The van der Waals surface area contributed by atoms with E-state index < -0.39 is 10.7 Å². The SMILES string of the molecule is COc1cc(N2CCN(C(=O)[C@@H]3C[C@@H]3C)CC2)c([N+](=O)[O-])cc1F. The minimum atomic E-state index is -0.760. The molecule has 1 aliphatic heterocycles. The molecule has 1 saturated heterocycles. The van der Waals surface area contributed by atoms with Crippen LogP contribution in [-0.2, 0) is 4.79 Å². The largest absolute Gasteiger partial charge is 0.494 e. The van der Waals surface area contributed by atoms with E-state index in [2.05, 4.69) is 6.92 Å². The van der Waals surface area contributed by atoms with Crippen molar-refractivity contribution >= 4 is 17.3 Å². The molecule has 3 rings (SSSR count). The van der Waals surface area contributed by atoms with Gasteiger partial charge in [-0.2, -0.15) is 0 Å². The third-order valence-electron chi connectivity index (χ3n) is 4.80. The van der Waals surface area contributed by atoms with Crippen LogP contribution in [0.4, 0.5) is 15.8 Å². The lowest BCUT2D eigenvalue weighted by atomic mass is 10.2. The Bertz CT molecular complexity index is 674. The normalized spacial score (nSPS) is 23.1. The predicted molar refractivity (Wildman–Crippen MR) is 85.7 cm³/mol. The molecule has 1 aliphatic carbocycles. The molecule has 0 bridgehead atoms. The van der Waals surface area contributed by atoms with E-state index >= 15 is 0 Å². The Balaban J connectivity index is 1.76. The summed E-state index contributed by atoms with van der Waals surface area (Å²) in [6, 6.07) is 2.24. The van der Waals surface area contributed by atoms with Crippen LogP contribution in [0, 0.1) is 27.8 Å². The molecule has 1 aromatic carbocycles. The highest BCUT2D eigenvalue weighted by atomic mass is 19.1. The minimum absolute atomic E-state index is 0.0269. The topological polar surface area (TPSA) is 75.9 Å². The van der Waals surface area contributed by atoms with Crippen molar-refractivity contribution in [1.82, 2.24) is 4.90 Å². The summed E-state index contributed by atoms with van der Waals surface area (Å²) in [6.07, 6.45) is 0.944. The molecule has 24 heavy (non-hydrogen) atoms. The average Bonchev–Trinajstić information content (AvgIpc) is 3.30. The van der Waals surface area contributed by atoms with Crippen molar-refractivity contribution in [3.05, 3.63) is 28.1 Å². The Hall–Kier alpha value is -2.38. The standard InChI is InChI=1S/C16H20FN3O4/c1-10-7-11(10)16(21)19-5-3-18(4-6-19)13-9-15(24-2)12(17)8-14(13)20(22)23/h8-11H,3-7H2,1-2H3/t10-,11+/m0/s1. The molecular weight excluding hydrogens is 317 g/mol. The first-order valence-electron chi connectivity index (χ1n) is 7.98. The van der Waals surface area contributed by atoms with Gasteiger partial charge >= 0.3 is 0 Å². The predicted octanol–water partition coefficient (Wildman–Crippen LogP) is 2.05. The van der Waals surface area contributed by atoms with E-state index in [-0.39, 0.29) is 23.3 Å². The minimum Gasteiger partial charge on any atom is -0.494 e. The number of carbonyl (C=O) groups is 1. The summed E-state index contributed by atoms with van der Waals surface area (Å²) < 4.78 is 18.7. The number of methoxy groups -OCH3 is 1. The van der Waals surface area contributed by atoms with Crippen LogP contribution in [-0.4, -0.2) is 49.0 Å². The number of nitro benzene ring substituents is 1. The molecule has 2 fully saturated rings. The summed E-state index contributed by atoms with van der Waals surface area (Å²) in [4.78, 5) is 26.5. The fourth-order valence-corrected chi connectivity index (χ4v) is 3.16. The van der Waals surface area contributed by atoms with Crippen LogP contribution in [0.5, 0.6) is 5.75 Å². The van der Waals surface area contributed by atoms with Crippen LogP contribution in [0.2, 0.25) is 0 Å². The van der Waals surface area contributed by atoms with E-state index in [0.29, 0.717) is 37.8 Å². The maximum atomic E-state index is 13.8. The Labute approximate surface area is 139 Å². The van der Waals surface area contributed by atoms with E-state index in [9.17, 15) is 19.3 Å². The van der Waals surface area contributed by atoms with Gasteiger partial charge in [-0.1, -0.05) is 6.92 Å². The van der Waals surface area contributed by atoms with Gasteiger partial charge in [0.2, 0.25) is 5.91 Å². The molecule has 1 saturated carbocycles. The molecule has 1 heterocycles. The van der Waals surface area contributed by atoms with Gasteiger partial charge in [0.05, 0.1) is 18.1 Å². The summed E-state index contributed by atoms with van der Waals surface area (Å²) >= 11 is 0. The van der Waals surface area contributed by atoms with Crippen LogP contribution in [0.25, 0.3) is 0 Å². The zero-order valence-electron chi connectivity index (χ0n) is 13.7. The molecule has 7 nitrogen and oxygen atoms in total. The van der Waals surface area contributed by atoms with Gasteiger partial charge < -0.3 is 14.5 Å². The fourth-order valence-electron chi connectivity index (χ4n) is 3.16. The van der Waals surface area contributed by atoms with Gasteiger partial charge in [-0.15, -0.1) is 0 Å². The number of hydrogen-bond donors (Lipinski definition) is 0. The van der Waals surface area contributed by atoms with E-state index in [4.69, 9.17) is 4.74 Å². The van der Waals surface area contributed by atoms with Crippen LogP contribution in [0.1, 0.15) is 13.3 Å². The van der Waals surface area contributed by atoms with Gasteiger partial charge in [-0.25, -0.2) is 4.39 Å². The number of anilines is 1. The first kappa shape index (κ1) is 16.5. The van der Waals surface area contributed by atoms with Crippen LogP contribution in [0.15, 0.2) is 12.1 Å². The lowest BCUT2D eigenvalue weighted by Gasteiger charge is -2.36. The molecular formula is C16H20FN3O4. The molecule has 0 radical (unpaired) electrons. The maximum Gasteiger partial charge on any atom is 0.295 e. The van der Waals surface area contributed by atoms with Crippen molar-refractivity contribution in [2.24, 2.45) is 11.8 Å². The van der Waals surface area contributed by atoms with Crippen molar-refractivity contribution in [1.29, 1.82) is 0 Å². The monoisotopic (exact) mass is 337 g/mol. The highest BCUT2D eigenvalue weighted by Crippen LogP contribution is 2.40. The number of rotatable bonds is 4. The van der Waals surface area contributed by atoms with Gasteiger partial charge in [-0.3, -0.25) is 14.9 Å². The quantitative estimate of drug-likeness (QED) is 0.621. The molecule has 0 N–H and O–H groups in total. The molecule has 130 valence electrons. The van der Waals surface area contributed by atoms with E-state index in [1.165, 1.54) is 13.2 Å². The highest BCUT2D eigenvalue weighted by molar-refractivity contribution is 5.82. The number of benzene rings is 1. The number of carbonyl (C=O) groups excluding carboxylic acids is 1.